The van der Waals surface area contributed by atoms with Gasteiger partial charge in [0.1, 0.15) is 0 Å². The van der Waals surface area contributed by atoms with Crippen LogP contribution >= 0.6 is 23.2 Å². The summed E-state index contributed by atoms with van der Waals surface area (Å²) in [6.45, 7) is 0. The number of methoxy groups -OCH3 is 1. The summed E-state index contributed by atoms with van der Waals surface area (Å²) in [6, 6.07) is 0. The Morgan fingerprint density at radius 3 is 2.00 bits per heavy atom. The summed E-state index contributed by atoms with van der Waals surface area (Å²) in [5, 5.41) is 0. The van der Waals surface area contributed by atoms with E-state index in [1.54, 1.807) is 0 Å². The molecule has 2 nitrogen and oxygen atoms in total. The van der Waals surface area contributed by atoms with Crippen molar-refractivity contribution in [3.63, 3.8) is 0 Å². The Balaban J connectivity index is 0. The monoisotopic (exact) mass is 183 g/mol. The molecule has 0 aliphatic rings. The summed E-state index contributed by atoms with van der Waals surface area (Å²) in [5.41, 5.74) is 0. The fourth-order valence-corrected chi connectivity index (χ4v) is 0.270. The van der Waals surface area contributed by atoms with Gasteiger partial charge in [0.15, 0.2) is 0 Å². The maximum absolute atomic E-state index is 11.8. The van der Waals surface area contributed by atoms with Crippen LogP contribution in [0.15, 0.2) is 0 Å². The number of carbonyl (C=O) groups is 1. The molecule has 0 aromatic heterocycles. The fourth-order valence-electron chi connectivity index (χ4n) is 0.116. The van der Waals surface area contributed by atoms with Crippen molar-refractivity contribution < 1.29 is 43.5 Å². The maximum Gasteiger partial charge on any atom is 1.00 e. The van der Waals surface area contributed by atoms with E-state index in [4.69, 9.17) is 0 Å². The first-order valence-corrected chi connectivity index (χ1v) is 2.39. The first-order chi connectivity index (χ1) is 3.48. The van der Waals surface area contributed by atoms with Crippen molar-refractivity contribution in [2.24, 2.45) is 0 Å². The second-order valence-electron chi connectivity index (χ2n) is 0.989. The van der Waals surface area contributed by atoms with Crippen LogP contribution in [0.2, 0.25) is 0 Å². The topological polar surface area (TPSA) is 26.3 Å². The molecule has 6 heteroatoms. The summed E-state index contributed by atoms with van der Waals surface area (Å²) in [4.78, 5) is 9.97. The van der Waals surface area contributed by atoms with Crippen molar-refractivity contribution in [1.29, 1.82) is 0 Å². The number of halogens is 3. The van der Waals surface area contributed by atoms with Gasteiger partial charge in [-0.25, -0.2) is 4.79 Å². The summed E-state index contributed by atoms with van der Waals surface area (Å²) in [7, 11) is 0.988. The summed E-state index contributed by atoms with van der Waals surface area (Å²) in [5.74, 6) is -1.30. The summed E-state index contributed by atoms with van der Waals surface area (Å²) in [6.07, 6.45) is 0. The molecule has 0 aliphatic carbocycles. The first kappa shape index (κ1) is 12.6. The van der Waals surface area contributed by atoms with E-state index in [1.165, 1.54) is 0 Å². The normalized spacial score (nSPS) is 9.78. The molecule has 0 N–H and O–H groups in total. The molecule has 0 bridgehead atoms. The van der Waals surface area contributed by atoms with Gasteiger partial charge < -0.3 is 4.74 Å². The van der Waals surface area contributed by atoms with Crippen molar-refractivity contribution in [3.8, 4) is 0 Å². The molecule has 0 heterocycles. The van der Waals surface area contributed by atoms with E-state index in [0.29, 0.717) is 0 Å². The van der Waals surface area contributed by atoms with Crippen LogP contribution in [0.1, 0.15) is 0 Å². The van der Waals surface area contributed by atoms with Gasteiger partial charge in [0.25, 0.3) is 0 Å². The van der Waals surface area contributed by atoms with Gasteiger partial charge in [0.2, 0.25) is 0 Å². The van der Waals surface area contributed by atoms with Crippen LogP contribution in [0.5, 0.6) is 0 Å². The SMILES string of the molecule is COC(=O)C(F)(Cl)Cl.[Na+]. The number of esters is 1. The second kappa shape index (κ2) is 4.74. The molecule has 0 saturated carbocycles. The zero-order valence-corrected chi connectivity index (χ0v) is 8.46. The molecular weight excluding hydrogens is 181 g/mol. The molecule has 0 fully saturated rings. The number of alkyl halides is 3. The third kappa shape index (κ3) is 5.43. The van der Waals surface area contributed by atoms with Gasteiger partial charge in [0.05, 0.1) is 7.11 Å². The Morgan fingerprint density at radius 2 is 2.00 bits per heavy atom. The predicted octanol–water partition coefficient (Wildman–Crippen LogP) is -1.74. The molecule has 0 aromatic carbocycles. The quantitative estimate of drug-likeness (QED) is 0.275. The fraction of sp³-hybridized carbons (Fsp3) is 0.667. The largest absolute Gasteiger partial charge is 1.00 e. The van der Waals surface area contributed by atoms with Gasteiger partial charge in [-0.15, -0.1) is 0 Å². The Bertz CT molecular complexity index is 102. The minimum atomic E-state index is -2.91. The van der Waals surface area contributed by atoms with E-state index in [9.17, 15) is 9.18 Å². The van der Waals surface area contributed by atoms with Gasteiger partial charge in [-0.2, -0.15) is 4.39 Å². The van der Waals surface area contributed by atoms with Crippen LogP contribution in [0.4, 0.5) is 4.39 Å². The molecule has 0 rings (SSSR count). The zero-order valence-electron chi connectivity index (χ0n) is 4.95. The van der Waals surface area contributed by atoms with Gasteiger partial charge in [0, 0.05) is 0 Å². The smallest absolute Gasteiger partial charge is 0.465 e. The first-order valence-electron chi connectivity index (χ1n) is 1.63. The Morgan fingerprint density at radius 1 is 1.67 bits per heavy atom. The Kier molecular flexibility index (Phi) is 6.66. The molecule has 0 aliphatic heterocycles. The predicted molar refractivity (Wildman–Crippen MR) is 27.6 cm³/mol. The number of carbonyl (C=O) groups excluding carboxylic acids is 1. The summed E-state index contributed by atoms with van der Waals surface area (Å²) < 4.78 is 12.8. The van der Waals surface area contributed by atoms with Gasteiger partial charge >= 0.3 is 40.1 Å². The number of rotatable bonds is 1. The molecular formula is C3H3Cl2FNaO2+. The third-order valence-electron chi connectivity index (χ3n) is 0.417. The average molecular weight is 184 g/mol. The van der Waals surface area contributed by atoms with Crippen molar-refractivity contribution in [3.05, 3.63) is 0 Å². The van der Waals surface area contributed by atoms with Crippen molar-refractivity contribution in [2.45, 2.75) is 4.59 Å². The molecule has 0 spiro atoms. The van der Waals surface area contributed by atoms with Crippen LogP contribution in [0.3, 0.4) is 0 Å². The molecule has 0 unspecified atom stereocenters. The van der Waals surface area contributed by atoms with Crippen LogP contribution in [0.25, 0.3) is 0 Å². The molecule has 9 heavy (non-hydrogen) atoms. The molecule has 0 aromatic rings. The zero-order chi connectivity index (χ0) is 6.78. The number of hydrogen-bond acceptors (Lipinski definition) is 2. The Hall–Kier alpha value is 0.980. The number of ether oxygens (including phenoxy) is 1. The van der Waals surface area contributed by atoms with Crippen LogP contribution in [0, 0.1) is 0 Å². The molecule has 0 saturated heterocycles. The van der Waals surface area contributed by atoms with Crippen molar-refractivity contribution in [1.82, 2.24) is 0 Å². The number of hydrogen-bond donors (Lipinski definition) is 0. The van der Waals surface area contributed by atoms with Crippen molar-refractivity contribution in [2.75, 3.05) is 7.11 Å². The van der Waals surface area contributed by atoms with Crippen molar-refractivity contribution >= 4 is 29.2 Å². The third-order valence-corrected chi connectivity index (χ3v) is 0.725. The van der Waals surface area contributed by atoms with Crippen LogP contribution < -0.4 is 29.6 Å². The van der Waals surface area contributed by atoms with E-state index < -0.39 is 10.6 Å². The van der Waals surface area contributed by atoms with Gasteiger partial charge in [-0.05, 0) is 0 Å². The molecule has 0 radical (unpaired) electrons. The van der Waals surface area contributed by atoms with Crippen LogP contribution in [-0.2, 0) is 9.53 Å². The molecule has 48 valence electrons. The van der Waals surface area contributed by atoms with E-state index in [1.807, 2.05) is 0 Å². The summed E-state index contributed by atoms with van der Waals surface area (Å²) >= 11 is 9.22. The standard InChI is InChI=1S/C3H3Cl2FO2.Na/c1-8-2(7)3(4,5)6;/h1H3;/q;+1. The van der Waals surface area contributed by atoms with Crippen LogP contribution in [-0.4, -0.2) is 17.7 Å². The van der Waals surface area contributed by atoms with Gasteiger partial charge in [-0.1, -0.05) is 23.2 Å². The van der Waals surface area contributed by atoms with E-state index in [0.717, 1.165) is 7.11 Å². The molecule has 0 atom stereocenters. The van der Waals surface area contributed by atoms with E-state index in [-0.39, 0.29) is 29.6 Å². The Labute approximate surface area is 83.9 Å². The second-order valence-corrected chi connectivity index (χ2v) is 2.22. The van der Waals surface area contributed by atoms with E-state index in [2.05, 4.69) is 27.9 Å². The minimum Gasteiger partial charge on any atom is -0.465 e. The maximum atomic E-state index is 11.8. The van der Waals surface area contributed by atoms with Gasteiger partial charge in [-0.3, -0.25) is 0 Å². The average Bonchev–Trinajstić information content (AvgIpc) is 1.62. The molecule has 0 amide bonds. The van der Waals surface area contributed by atoms with E-state index >= 15 is 0 Å². The minimum absolute atomic E-state index is 0.